The van der Waals surface area contributed by atoms with Gasteiger partial charge in [-0.2, -0.15) is 0 Å². The van der Waals surface area contributed by atoms with Crippen molar-refractivity contribution in [1.82, 2.24) is 24.7 Å². The molecule has 2 aromatic rings. The number of carbonyl (C=O) groups excluding carboxylic acids is 4. The number of piperidine rings is 2. The van der Waals surface area contributed by atoms with Crippen LogP contribution in [-0.4, -0.2) is 130 Å². The zero-order valence-electron chi connectivity index (χ0n) is 30.1. The average molecular weight is 706 g/mol. The Kier molecular flexibility index (Phi) is 11.4. The van der Waals surface area contributed by atoms with E-state index in [1.807, 2.05) is 60.0 Å². The number of aryl methyl sites for hydroxylation is 2. The van der Waals surface area contributed by atoms with Gasteiger partial charge < -0.3 is 35.1 Å². The Morgan fingerprint density at radius 2 is 1.59 bits per heavy atom. The van der Waals surface area contributed by atoms with Crippen LogP contribution in [0.5, 0.6) is 5.75 Å². The lowest BCUT2D eigenvalue weighted by atomic mass is 9.83. The van der Waals surface area contributed by atoms with Crippen LogP contribution in [0.1, 0.15) is 54.4 Å². The van der Waals surface area contributed by atoms with Crippen molar-refractivity contribution in [2.24, 2.45) is 11.8 Å². The van der Waals surface area contributed by atoms with Gasteiger partial charge in [-0.3, -0.25) is 14.5 Å². The lowest BCUT2D eigenvalue weighted by Crippen LogP contribution is -2.51. The van der Waals surface area contributed by atoms with Crippen LogP contribution in [-0.2, 0) is 27.2 Å². The number of carbonyl (C=O) groups is 4. The molecule has 4 N–H and O–H groups in total. The number of anilines is 1. The molecule has 51 heavy (non-hydrogen) atoms. The van der Waals surface area contributed by atoms with Gasteiger partial charge in [0, 0.05) is 57.4 Å². The van der Waals surface area contributed by atoms with Gasteiger partial charge in [-0.05, 0) is 99.1 Å². The van der Waals surface area contributed by atoms with Gasteiger partial charge in [0.05, 0.1) is 13.6 Å². The summed E-state index contributed by atoms with van der Waals surface area (Å²) in [7, 11) is 1.46. The number of hydroxylamine groups is 2. The van der Waals surface area contributed by atoms with Gasteiger partial charge in [0.2, 0.25) is 0 Å². The minimum absolute atomic E-state index is 0.00326. The maximum absolute atomic E-state index is 14.1. The summed E-state index contributed by atoms with van der Waals surface area (Å²) in [5, 5.41) is 21.8. The molecule has 276 valence electrons. The molecule has 6 rings (SSSR count). The van der Waals surface area contributed by atoms with E-state index in [2.05, 4.69) is 10.2 Å². The van der Waals surface area contributed by atoms with Crippen molar-refractivity contribution >= 4 is 29.6 Å². The number of ether oxygens (including phenoxy) is 1. The molecule has 0 aliphatic carbocycles. The van der Waals surface area contributed by atoms with E-state index in [-0.39, 0.29) is 42.6 Å². The Balaban J connectivity index is 1.06. The maximum atomic E-state index is 14.1. The highest BCUT2D eigenvalue weighted by atomic mass is 16.6. The summed E-state index contributed by atoms with van der Waals surface area (Å²) in [6.07, 6.45) is 3.35. The molecule has 4 aliphatic heterocycles. The topological polar surface area (TPSA) is 149 Å². The maximum Gasteiger partial charge on any atom is 0.410 e. The first-order valence-electron chi connectivity index (χ1n) is 18.4. The number of likely N-dealkylation sites (tertiary alicyclic amines) is 3. The average Bonchev–Trinajstić information content (AvgIpc) is 3.52. The number of hydrogen-bond donors (Lipinski definition) is 2. The molecule has 4 aliphatic rings. The number of urea groups is 1. The number of para-hydroxylation sites is 1. The third-order valence-electron chi connectivity index (χ3n) is 11.4. The second kappa shape index (κ2) is 15.9. The number of fused-ring (bicyclic) bond motifs is 1. The molecule has 3 saturated heterocycles. The van der Waals surface area contributed by atoms with Gasteiger partial charge in [-0.1, -0.05) is 30.3 Å². The first-order valence-corrected chi connectivity index (χ1v) is 18.4. The quantitative estimate of drug-likeness (QED) is 0.317. The lowest BCUT2D eigenvalue weighted by Gasteiger charge is -2.38. The van der Waals surface area contributed by atoms with Crippen LogP contribution in [0.25, 0.3) is 0 Å². The number of nitrogens with one attached hydrogen (secondary N) is 1. The zero-order chi connectivity index (χ0) is 36.2. The Hall–Kier alpha value is -4.36. The van der Waals surface area contributed by atoms with Gasteiger partial charge >= 0.3 is 12.1 Å². The van der Waals surface area contributed by atoms with Crippen LogP contribution in [0.15, 0.2) is 36.4 Å². The number of benzene rings is 2. The summed E-state index contributed by atoms with van der Waals surface area (Å²) in [6.45, 7) is 8.16. The molecule has 0 aromatic heterocycles. The van der Waals surface area contributed by atoms with Gasteiger partial charge in [0.1, 0.15) is 5.75 Å². The molecule has 0 saturated carbocycles. The van der Waals surface area contributed by atoms with Gasteiger partial charge in [-0.15, -0.1) is 5.06 Å². The third kappa shape index (κ3) is 8.58. The van der Waals surface area contributed by atoms with Crippen LogP contribution >= 0.6 is 0 Å². The van der Waals surface area contributed by atoms with Crippen molar-refractivity contribution in [2.45, 2.75) is 70.9 Å². The van der Waals surface area contributed by atoms with E-state index >= 15 is 0 Å². The number of rotatable bonds is 8. The minimum atomic E-state index is -1.01. The van der Waals surface area contributed by atoms with Crippen molar-refractivity contribution in [2.75, 3.05) is 64.7 Å². The minimum Gasteiger partial charge on any atom is -0.507 e. The third-order valence-corrected chi connectivity index (χ3v) is 11.4. The standard InChI is InChI=1S/C38H52N6O7/c1-25-20-27(21-26(2)35(25)46)22-33(36(47)42-15-9-28(10-16-42)30-8-14-41(23-30)24-34(45)40(3)50)51-38(49)43-17-12-31(13-18-43)44-19-11-29-6-4-5-7-32(29)39-37(44)48/h4-7,20-21,28,30-31,33,46,50H,8-19,22-24H2,1-3H3,(H,39,48)/p+1/t30?,33-/m1/s1. The number of likely N-dealkylation sites (N-methyl/N-ethyl adjacent to an activating group) is 1. The van der Waals surface area contributed by atoms with Crippen molar-refractivity contribution in [3.8, 4) is 5.75 Å². The molecule has 0 spiro atoms. The predicted molar refractivity (Wildman–Crippen MR) is 192 cm³/mol. The Morgan fingerprint density at radius 1 is 0.941 bits per heavy atom. The van der Waals surface area contributed by atoms with E-state index in [1.165, 1.54) is 7.05 Å². The fourth-order valence-corrected chi connectivity index (χ4v) is 8.33. The molecule has 2 atom stereocenters. The van der Waals surface area contributed by atoms with Crippen LogP contribution < -0.4 is 5.32 Å². The summed E-state index contributed by atoms with van der Waals surface area (Å²) in [4.78, 5) is 60.4. The van der Waals surface area contributed by atoms with Crippen molar-refractivity contribution in [3.05, 3.63) is 58.7 Å². The van der Waals surface area contributed by atoms with E-state index in [1.54, 1.807) is 4.90 Å². The number of phenols is 1. The molecule has 4 heterocycles. The normalized spacial score (nSPS) is 21.1. The largest absolute Gasteiger partial charge is 0.507 e. The van der Waals surface area contributed by atoms with Gasteiger partial charge in [0.15, 0.2) is 6.10 Å². The first kappa shape index (κ1) is 36.4. The second-order valence-corrected chi connectivity index (χ2v) is 14.8. The SMILES string of the molecule is Cc1cc(C[C@@H](OC(=O)N2CCC(N3CCc4ccccc4NC3=O)CC2)C(=O)N2CCC(C3CCN(CC(=O)N(C)[OH2+])C3)CC2)cc(C)c1O. The molecule has 1 unspecified atom stereocenters. The fraction of sp³-hybridized carbons (Fsp3) is 0.579. The van der Waals surface area contributed by atoms with E-state index in [0.717, 1.165) is 60.7 Å². The zero-order valence-corrected chi connectivity index (χ0v) is 30.1. The molecule has 2 aromatic carbocycles. The van der Waals surface area contributed by atoms with Gasteiger partial charge in [0.25, 0.3) is 11.8 Å². The summed E-state index contributed by atoms with van der Waals surface area (Å²) < 4.78 is 6.06. The van der Waals surface area contributed by atoms with Crippen LogP contribution in [0.4, 0.5) is 15.3 Å². The molecule has 5 amide bonds. The number of hydrogen-bond acceptors (Lipinski definition) is 7. The number of aromatic hydroxyl groups is 1. The summed E-state index contributed by atoms with van der Waals surface area (Å²) >= 11 is 0. The van der Waals surface area contributed by atoms with Crippen molar-refractivity contribution in [1.29, 1.82) is 0 Å². The lowest BCUT2D eigenvalue weighted by molar-refractivity contribution is -0.160. The Bertz CT molecular complexity index is 1580. The van der Waals surface area contributed by atoms with Crippen LogP contribution in [0, 0.1) is 25.7 Å². The summed E-state index contributed by atoms with van der Waals surface area (Å²) in [6, 6.07) is 11.4. The summed E-state index contributed by atoms with van der Waals surface area (Å²) in [5.41, 5.74) is 4.17. The van der Waals surface area contributed by atoms with Crippen LogP contribution in [0.3, 0.4) is 0 Å². The molecule has 3 fully saturated rings. The van der Waals surface area contributed by atoms with Crippen molar-refractivity contribution < 1.29 is 34.2 Å². The van der Waals surface area contributed by atoms with E-state index in [9.17, 15) is 24.3 Å². The van der Waals surface area contributed by atoms with E-state index in [0.29, 0.717) is 68.5 Å². The smallest absolute Gasteiger partial charge is 0.410 e. The number of amides is 5. The Morgan fingerprint density at radius 3 is 2.27 bits per heavy atom. The highest BCUT2D eigenvalue weighted by molar-refractivity contribution is 5.91. The fourth-order valence-electron chi connectivity index (χ4n) is 8.33. The molecule has 13 heteroatoms. The second-order valence-electron chi connectivity index (χ2n) is 14.8. The van der Waals surface area contributed by atoms with E-state index < -0.39 is 12.2 Å². The van der Waals surface area contributed by atoms with Crippen molar-refractivity contribution in [3.63, 3.8) is 0 Å². The molecular formula is C38H53N6O7+. The van der Waals surface area contributed by atoms with Gasteiger partial charge in [-0.25, -0.2) is 9.59 Å². The molecule has 13 nitrogen and oxygen atoms in total. The Labute approximate surface area is 300 Å². The van der Waals surface area contributed by atoms with E-state index in [4.69, 9.17) is 9.94 Å². The molecule has 0 bridgehead atoms. The summed E-state index contributed by atoms with van der Waals surface area (Å²) in [5.74, 6) is 0.676. The van der Waals surface area contributed by atoms with Crippen LogP contribution in [0.2, 0.25) is 0 Å². The molecule has 0 radical (unpaired) electrons. The highest BCUT2D eigenvalue weighted by Gasteiger charge is 2.38. The number of phenolic OH excluding ortho intramolecular Hbond substituents is 1. The first-order chi connectivity index (χ1) is 24.5. The predicted octanol–water partition coefficient (Wildman–Crippen LogP) is 3.27. The highest BCUT2D eigenvalue weighted by Crippen LogP contribution is 2.33. The molecular weight excluding hydrogens is 652 g/mol. The monoisotopic (exact) mass is 705 g/mol. The number of nitrogens with zero attached hydrogens (tertiary/aromatic N) is 5.